The first-order valence-electron chi connectivity index (χ1n) is 5.15. The van der Waals surface area contributed by atoms with E-state index in [9.17, 15) is 4.79 Å². The van der Waals surface area contributed by atoms with E-state index in [-0.39, 0.29) is 18.0 Å². The molecule has 17 heavy (non-hydrogen) atoms. The van der Waals surface area contributed by atoms with Crippen LogP contribution >= 0.6 is 11.6 Å². The Morgan fingerprint density at radius 1 is 1.24 bits per heavy atom. The number of Topliss-reactive ketones (excluding diaryl/α,β-unsaturated/α-hetero) is 1. The van der Waals surface area contributed by atoms with Gasteiger partial charge in [0.15, 0.2) is 5.78 Å². The van der Waals surface area contributed by atoms with Crippen molar-refractivity contribution in [1.82, 2.24) is 4.98 Å². The molecule has 1 aromatic heterocycles. The molecule has 2 N–H and O–H groups in total. The minimum absolute atomic E-state index is 0.0799. The number of ketones is 1. The third kappa shape index (κ3) is 2.63. The molecule has 0 aliphatic carbocycles. The molecule has 0 unspecified atom stereocenters. The van der Waals surface area contributed by atoms with Gasteiger partial charge in [-0.3, -0.25) is 4.79 Å². The maximum absolute atomic E-state index is 12.0. The van der Waals surface area contributed by atoms with Gasteiger partial charge in [0.2, 0.25) is 0 Å². The molecule has 1 heterocycles. The number of nitrogen functional groups attached to an aromatic ring is 1. The van der Waals surface area contributed by atoms with E-state index in [0.29, 0.717) is 10.6 Å². The Kier molecular flexibility index (Phi) is 3.40. The van der Waals surface area contributed by atoms with E-state index in [2.05, 4.69) is 4.98 Å². The molecular formula is C13H11ClN2O. The summed E-state index contributed by atoms with van der Waals surface area (Å²) in [4.78, 5) is 15.9. The molecule has 4 heteroatoms. The van der Waals surface area contributed by atoms with Crippen LogP contribution in [0.4, 0.5) is 5.82 Å². The average Bonchev–Trinajstić information content (AvgIpc) is 2.32. The molecular weight excluding hydrogens is 236 g/mol. The highest BCUT2D eigenvalue weighted by Gasteiger charge is 2.12. The second-order valence-electron chi connectivity index (χ2n) is 3.63. The lowest BCUT2D eigenvalue weighted by Gasteiger charge is -2.05. The number of nitrogens with zero attached hydrogens (tertiary/aromatic N) is 1. The van der Waals surface area contributed by atoms with Gasteiger partial charge in [-0.15, -0.1) is 0 Å². The summed E-state index contributed by atoms with van der Waals surface area (Å²) in [6.45, 7) is 0. The zero-order valence-corrected chi connectivity index (χ0v) is 9.82. The highest BCUT2D eigenvalue weighted by Crippen LogP contribution is 2.18. The standard InChI is InChI=1S/C13H11ClN2O/c14-11-6-2-1-4-9(11)8-12(17)10-5-3-7-16-13(10)15/h1-7H,8H2,(H2,15,16). The molecule has 0 bridgehead atoms. The number of carbonyl (C=O) groups excluding carboxylic acids is 1. The van der Waals surface area contributed by atoms with Crippen LogP contribution in [0, 0.1) is 0 Å². The van der Waals surface area contributed by atoms with Crippen LogP contribution in [0.1, 0.15) is 15.9 Å². The topological polar surface area (TPSA) is 56.0 Å². The van der Waals surface area contributed by atoms with E-state index in [0.717, 1.165) is 5.56 Å². The van der Waals surface area contributed by atoms with E-state index >= 15 is 0 Å². The van der Waals surface area contributed by atoms with E-state index in [1.807, 2.05) is 18.2 Å². The number of halogens is 1. The van der Waals surface area contributed by atoms with Crippen molar-refractivity contribution in [1.29, 1.82) is 0 Å². The van der Waals surface area contributed by atoms with Crippen LogP contribution in [0.15, 0.2) is 42.6 Å². The van der Waals surface area contributed by atoms with Crippen molar-refractivity contribution in [2.75, 3.05) is 5.73 Å². The highest BCUT2D eigenvalue weighted by molar-refractivity contribution is 6.31. The average molecular weight is 247 g/mol. The van der Waals surface area contributed by atoms with Gasteiger partial charge >= 0.3 is 0 Å². The molecule has 0 spiro atoms. The molecule has 0 saturated carbocycles. The van der Waals surface area contributed by atoms with Gasteiger partial charge in [-0.2, -0.15) is 0 Å². The maximum Gasteiger partial charge on any atom is 0.170 e. The summed E-state index contributed by atoms with van der Waals surface area (Å²) in [5, 5.41) is 0.586. The minimum Gasteiger partial charge on any atom is -0.383 e. The van der Waals surface area contributed by atoms with Crippen LogP contribution < -0.4 is 5.73 Å². The summed E-state index contributed by atoms with van der Waals surface area (Å²) in [5.41, 5.74) is 6.88. The molecule has 2 aromatic rings. The van der Waals surface area contributed by atoms with Crippen molar-refractivity contribution in [3.63, 3.8) is 0 Å². The summed E-state index contributed by atoms with van der Waals surface area (Å²) in [7, 11) is 0. The first kappa shape index (κ1) is 11.6. The number of rotatable bonds is 3. The third-order valence-corrected chi connectivity index (χ3v) is 2.82. The van der Waals surface area contributed by atoms with Gasteiger partial charge in [0.25, 0.3) is 0 Å². The fraction of sp³-hybridized carbons (Fsp3) is 0.0769. The summed E-state index contributed by atoms with van der Waals surface area (Å²) in [5.74, 6) is 0.174. The van der Waals surface area contributed by atoms with E-state index < -0.39 is 0 Å². The van der Waals surface area contributed by atoms with Crippen LogP contribution in [0.2, 0.25) is 5.02 Å². The molecule has 0 saturated heterocycles. The molecule has 86 valence electrons. The van der Waals surface area contributed by atoms with Crippen LogP contribution in [0.5, 0.6) is 0 Å². The monoisotopic (exact) mass is 246 g/mol. The fourth-order valence-electron chi connectivity index (χ4n) is 1.56. The molecule has 0 aliphatic rings. The van der Waals surface area contributed by atoms with Gasteiger partial charge in [0.1, 0.15) is 5.82 Å². The maximum atomic E-state index is 12.0. The lowest BCUT2D eigenvalue weighted by Crippen LogP contribution is -2.08. The third-order valence-electron chi connectivity index (χ3n) is 2.45. The van der Waals surface area contributed by atoms with Crippen LogP contribution in [-0.2, 0) is 6.42 Å². The smallest absolute Gasteiger partial charge is 0.170 e. The number of anilines is 1. The van der Waals surface area contributed by atoms with Gasteiger partial charge < -0.3 is 5.73 Å². The second kappa shape index (κ2) is 4.97. The Balaban J connectivity index is 2.24. The first-order chi connectivity index (χ1) is 8.18. The minimum atomic E-state index is -0.0799. The molecule has 0 amide bonds. The molecule has 0 fully saturated rings. The number of nitrogens with two attached hydrogens (primary N) is 1. The van der Waals surface area contributed by atoms with Crippen molar-refractivity contribution in [2.45, 2.75) is 6.42 Å². The Bertz CT molecular complexity index is 555. The van der Waals surface area contributed by atoms with Crippen LogP contribution in [0.3, 0.4) is 0 Å². The van der Waals surface area contributed by atoms with Gasteiger partial charge in [0, 0.05) is 17.6 Å². The van der Waals surface area contributed by atoms with Gasteiger partial charge in [-0.25, -0.2) is 4.98 Å². The number of hydrogen-bond acceptors (Lipinski definition) is 3. The molecule has 1 aromatic carbocycles. The van der Waals surface area contributed by atoms with E-state index in [1.165, 1.54) is 0 Å². The Hall–Kier alpha value is -1.87. The zero-order chi connectivity index (χ0) is 12.3. The van der Waals surface area contributed by atoms with Gasteiger partial charge in [-0.1, -0.05) is 29.8 Å². The highest BCUT2D eigenvalue weighted by atomic mass is 35.5. The summed E-state index contributed by atoms with van der Waals surface area (Å²) in [6, 6.07) is 10.6. The summed E-state index contributed by atoms with van der Waals surface area (Å²) in [6.07, 6.45) is 1.79. The number of aromatic nitrogens is 1. The van der Waals surface area contributed by atoms with Crippen molar-refractivity contribution in [3.8, 4) is 0 Å². The van der Waals surface area contributed by atoms with Crippen molar-refractivity contribution in [2.24, 2.45) is 0 Å². The van der Waals surface area contributed by atoms with Crippen LogP contribution in [-0.4, -0.2) is 10.8 Å². The zero-order valence-electron chi connectivity index (χ0n) is 9.06. The van der Waals surface area contributed by atoms with Gasteiger partial charge in [-0.05, 0) is 23.8 Å². The van der Waals surface area contributed by atoms with Gasteiger partial charge in [0.05, 0.1) is 5.56 Å². The normalized spacial score (nSPS) is 10.2. The Morgan fingerprint density at radius 3 is 2.71 bits per heavy atom. The molecule has 0 atom stereocenters. The lowest BCUT2D eigenvalue weighted by molar-refractivity contribution is 0.0993. The quantitative estimate of drug-likeness (QED) is 0.848. The predicted octanol–water partition coefficient (Wildman–Crippen LogP) is 2.74. The first-order valence-corrected chi connectivity index (χ1v) is 5.53. The van der Waals surface area contributed by atoms with E-state index in [1.54, 1.807) is 24.4 Å². The second-order valence-corrected chi connectivity index (χ2v) is 4.03. The molecule has 0 aliphatic heterocycles. The molecule has 0 radical (unpaired) electrons. The Labute approximate surface area is 104 Å². The molecule has 3 nitrogen and oxygen atoms in total. The lowest BCUT2D eigenvalue weighted by atomic mass is 10.0. The number of pyridine rings is 1. The van der Waals surface area contributed by atoms with E-state index in [4.69, 9.17) is 17.3 Å². The summed E-state index contributed by atoms with van der Waals surface area (Å²) >= 11 is 6.00. The van der Waals surface area contributed by atoms with Crippen LogP contribution in [0.25, 0.3) is 0 Å². The van der Waals surface area contributed by atoms with Crippen molar-refractivity contribution in [3.05, 3.63) is 58.7 Å². The number of carbonyl (C=O) groups is 1. The number of hydrogen-bond donors (Lipinski definition) is 1. The largest absolute Gasteiger partial charge is 0.383 e. The number of benzene rings is 1. The molecule has 2 rings (SSSR count). The predicted molar refractivity (Wildman–Crippen MR) is 68.1 cm³/mol. The summed E-state index contributed by atoms with van der Waals surface area (Å²) < 4.78 is 0. The fourth-order valence-corrected chi connectivity index (χ4v) is 1.77. The van der Waals surface area contributed by atoms with Crippen molar-refractivity contribution >= 4 is 23.2 Å². The SMILES string of the molecule is Nc1ncccc1C(=O)Cc1ccccc1Cl. The Morgan fingerprint density at radius 2 is 2.00 bits per heavy atom. The van der Waals surface area contributed by atoms with Crippen molar-refractivity contribution < 1.29 is 4.79 Å².